The maximum atomic E-state index is 13.0. The maximum absolute atomic E-state index is 13.0. The number of aryl methyl sites for hydroxylation is 3. The Balaban J connectivity index is 1.89. The summed E-state index contributed by atoms with van der Waals surface area (Å²) in [5.74, 6) is -0.216. The predicted molar refractivity (Wildman–Crippen MR) is 109 cm³/mol. The normalized spacial score (nSPS) is 12.2. The van der Waals surface area contributed by atoms with Gasteiger partial charge in [0.2, 0.25) is 0 Å². The predicted octanol–water partition coefficient (Wildman–Crippen LogP) is 3.60. The highest BCUT2D eigenvalue weighted by molar-refractivity contribution is 5.93. The Morgan fingerprint density at radius 1 is 1.11 bits per heavy atom. The van der Waals surface area contributed by atoms with Crippen LogP contribution in [0.2, 0.25) is 0 Å². The Bertz CT molecular complexity index is 1000. The number of nitrogens with zero attached hydrogens (tertiary/aromatic N) is 5. The van der Waals surface area contributed by atoms with E-state index in [4.69, 9.17) is 0 Å². The van der Waals surface area contributed by atoms with Crippen LogP contribution >= 0.6 is 0 Å². The minimum absolute atomic E-state index is 0.115. The number of para-hydroxylation sites is 1. The van der Waals surface area contributed by atoms with E-state index in [-0.39, 0.29) is 11.9 Å². The van der Waals surface area contributed by atoms with E-state index in [1.807, 2.05) is 56.6 Å². The molecule has 0 spiro atoms. The topological polar surface area (TPSA) is 77.6 Å². The fourth-order valence-electron chi connectivity index (χ4n) is 3.70. The van der Waals surface area contributed by atoms with Crippen LogP contribution < -0.4 is 5.32 Å². The van der Waals surface area contributed by atoms with Crippen molar-refractivity contribution >= 4 is 5.91 Å². The molecule has 1 amide bonds. The number of carbonyl (C=O) groups is 1. The zero-order chi connectivity index (χ0) is 20.4. The third-order valence-electron chi connectivity index (χ3n) is 5.25. The van der Waals surface area contributed by atoms with Crippen LogP contribution in [0.15, 0.2) is 24.3 Å². The average molecular weight is 380 g/mol. The molecule has 0 saturated carbocycles. The molecule has 0 fully saturated rings. The summed E-state index contributed by atoms with van der Waals surface area (Å²) < 4.78 is 3.69. The van der Waals surface area contributed by atoms with Crippen LogP contribution in [-0.4, -0.2) is 30.7 Å². The molecule has 0 aliphatic rings. The molecule has 3 aromatic rings. The Hall–Kier alpha value is -2.96. The Labute approximate surface area is 165 Å². The molecule has 2 heterocycles. The van der Waals surface area contributed by atoms with E-state index in [1.54, 1.807) is 4.68 Å². The third kappa shape index (κ3) is 3.44. The van der Waals surface area contributed by atoms with Crippen molar-refractivity contribution in [3.8, 4) is 5.69 Å². The Morgan fingerprint density at radius 2 is 1.82 bits per heavy atom. The second-order valence-electron chi connectivity index (χ2n) is 7.06. The van der Waals surface area contributed by atoms with E-state index in [9.17, 15) is 4.79 Å². The van der Waals surface area contributed by atoms with Gasteiger partial charge in [-0.2, -0.15) is 5.10 Å². The molecule has 1 aromatic carbocycles. The molecule has 2 aromatic heterocycles. The molecule has 0 aliphatic carbocycles. The second kappa shape index (κ2) is 7.96. The molecule has 3 rings (SSSR count). The van der Waals surface area contributed by atoms with Crippen molar-refractivity contribution < 1.29 is 4.79 Å². The van der Waals surface area contributed by atoms with Crippen molar-refractivity contribution in [2.75, 3.05) is 0 Å². The molecule has 0 bridgehead atoms. The molecule has 7 heteroatoms. The summed E-state index contributed by atoms with van der Waals surface area (Å²) in [7, 11) is 0. The summed E-state index contributed by atoms with van der Waals surface area (Å²) in [5.41, 5.74) is 6.20. The third-order valence-corrected chi connectivity index (χ3v) is 5.25. The van der Waals surface area contributed by atoms with Crippen molar-refractivity contribution in [3.63, 3.8) is 0 Å². The van der Waals surface area contributed by atoms with Crippen LogP contribution in [0.5, 0.6) is 0 Å². The molecule has 148 valence electrons. The number of hydrogen-bond acceptors (Lipinski definition) is 4. The molecule has 28 heavy (non-hydrogen) atoms. The van der Waals surface area contributed by atoms with Crippen LogP contribution in [0, 0.1) is 27.7 Å². The highest BCUT2D eigenvalue weighted by Crippen LogP contribution is 2.25. The molecule has 1 atom stereocenters. The Kier molecular flexibility index (Phi) is 5.63. The number of benzene rings is 1. The highest BCUT2D eigenvalue weighted by atomic mass is 16.2. The first-order valence-corrected chi connectivity index (χ1v) is 9.72. The molecule has 0 saturated heterocycles. The fraction of sp³-hybridized carbons (Fsp3) is 0.429. The quantitative estimate of drug-likeness (QED) is 0.709. The number of carbonyl (C=O) groups excluding carboxylic acids is 1. The number of hydrogen-bond donors (Lipinski definition) is 1. The molecule has 0 unspecified atom stereocenters. The van der Waals surface area contributed by atoms with E-state index in [1.165, 1.54) is 0 Å². The van der Waals surface area contributed by atoms with Crippen LogP contribution in [0.25, 0.3) is 5.69 Å². The highest BCUT2D eigenvalue weighted by Gasteiger charge is 2.24. The van der Waals surface area contributed by atoms with Gasteiger partial charge in [-0.05, 0) is 52.7 Å². The summed E-state index contributed by atoms with van der Waals surface area (Å²) in [6.07, 6.45) is 0.772. The number of nitrogens with one attached hydrogen (secondary N) is 1. The molecule has 7 nitrogen and oxygen atoms in total. The van der Waals surface area contributed by atoms with Gasteiger partial charge in [0, 0.05) is 17.8 Å². The first-order valence-electron chi connectivity index (χ1n) is 9.72. The largest absolute Gasteiger partial charge is 0.344 e. The van der Waals surface area contributed by atoms with Gasteiger partial charge >= 0.3 is 0 Å². The van der Waals surface area contributed by atoms with Crippen LogP contribution in [-0.2, 0) is 6.54 Å². The van der Waals surface area contributed by atoms with Gasteiger partial charge < -0.3 is 5.32 Å². The van der Waals surface area contributed by atoms with Gasteiger partial charge in [0.15, 0.2) is 5.69 Å². The monoisotopic (exact) mass is 380 g/mol. The zero-order valence-electron chi connectivity index (χ0n) is 17.4. The van der Waals surface area contributed by atoms with Crippen molar-refractivity contribution in [2.24, 2.45) is 0 Å². The van der Waals surface area contributed by atoms with E-state index < -0.39 is 0 Å². The lowest BCUT2D eigenvalue weighted by Crippen LogP contribution is -2.29. The first-order chi connectivity index (χ1) is 13.4. The van der Waals surface area contributed by atoms with Crippen molar-refractivity contribution in [1.82, 2.24) is 30.1 Å². The standard InChI is InChI=1S/C21H28N6O/c1-7-17(19-14(4)24-26(8-2)15(19)5)22-21(28)20-16(6)27(25-23-20)18-12-10-9-11-13(18)3/h9-12,17H,7-8H2,1-6H3,(H,22,28)/t17-/m1/s1. The van der Waals surface area contributed by atoms with Crippen LogP contribution in [0.4, 0.5) is 0 Å². The van der Waals surface area contributed by atoms with Crippen molar-refractivity contribution in [2.45, 2.75) is 60.5 Å². The van der Waals surface area contributed by atoms with Crippen molar-refractivity contribution in [1.29, 1.82) is 0 Å². The van der Waals surface area contributed by atoms with E-state index in [0.717, 1.165) is 46.9 Å². The van der Waals surface area contributed by atoms with Gasteiger partial charge in [-0.3, -0.25) is 9.48 Å². The van der Waals surface area contributed by atoms with Gasteiger partial charge in [-0.15, -0.1) is 5.10 Å². The van der Waals surface area contributed by atoms with Gasteiger partial charge in [-0.1, -0.05) is 30.3 Å². The number of rotatable bonds is 6. The lowest BCUT2D eigenvalue weighted by Gasteiger charge is -2.17. The summed E-state index contributed by atoms with van der Waals surface area (Å²) in [6.45, 7) is 12.9. The number of amides is 1. The molecular formula is C21H28N6O. The van der Waals surface area contributed by atoms with E-state index in [0.29, 0.717) is 5.69 Å². The lowest BCUT2D eigenvalue weighted by atomic mass is 10.0. The van der Waals surface area contributed by atoms with Crippen LogP contribution in [0.3, 0.4) is 0 Å². The smallest absolute Gasteiger partial charge is 0.274 e. The maximum Gasteiger partial charge on any atom is 0.274 e. The van der Waals surface area contributed by atoms with Crippen LogP contribution in [0.1, 0.15) is 65.0 Å². The summed E-state index contributed by atoms with van der Waals surface area (Å²) in [5, 5.41) is 16.1. The average Bonchev–Trinajstić information content (AvgIpc) is 3.19. The second-order valence-corrected chi connectivity index (χ2v) is 7.06. The molecule has 1 N–H and O–H groups in total. The van der Waals surface area contributed by atoms with Gasteiger partial charge in [0.05, 0.1) is 23.1 Å². The number of aromatic nitrogens is 5. The molecule has 0 radical (unpaired) electrons. The fourth-order valence-corrected chi connectivity index (χ4v) is 3.70. The summed E-state index contributed by atoms with van der Waals surface area (Å²) >= 11 is 0. The summed E-state index contributed by atoms with van der Waals surface area (Å²) in [6, 6.07) is 7.80. The minimum Gasteiger partial charge on any atom is -0.344 e. The molecule has 0 aliphatic heterocycles. The SMILES string of the molecule is CC[C@@H](NC(=O)c1nnn(-c2ccccc2C)c1C)c1c(C)nn(CC)c1C. The van der Waals surface area contributed by atoms with E-state index >= 15 is 0 Å². The lowest BCUT2D eigenvalue weighted by molar-refractivity contribution is 0.0929. The van der Waals surface area contributed by atoms with Gasteiger partial charge in [0.25, 0.3) is 5.91 Å². The Morgan fingerprint density at radius 3 is 2.43 bits per heavy atom. The minimum atomic E-state index is -0.216. The van der Waals surface area contributed by atoms with E-state index in [2.05, 4.69) is 34.6 Å². The van der Waals surface area contributed by atoms with Gasteiger partial charge in [0.1, 0.15) is 0 Å². The summed E-state index contributed by atoms with van der Waals surface area (Å²) in [4.78, 5) is 13.0. The van der Waals surface area contributed by atoms with Gasteiger partial charge in [-0.25, -0.2) is 4.68 Å². The first kappa shape index (κ1) is 19.8. The van der Waals surface area contributed by atoms with Crippen molar-refractivity contribution in [3.05, 3.63) is 58.2 Å². The zero-order valence-corrected chi connectivity index (χ0v) is 17.4. The molecular weight excluding hydrogens is 352 g/mol.